The van der Waals surface area contributed by atoms with Gasteiger partial charge in [0, 0.05) is 23.4 Å². The molecule has 0 aromatic carbocycles. The molecule has 4 saturated carbocycles. The van der Waals surface area contributed by atoms with Crippen LogP contribution in [0, 0.1) is 28.6 Å². The molecule has 4 rings (SSSR count). The molecular formula is C32H46O5. The standard InChI is InChI=1S/C32H46O5/c1-5-37-30(36)14-16-32(17-18-32)29(35)13-8-21(2)26-11-12-27-23(7-6-15-31(26,27)4)9-10-24-19-25(33)20-28(34)22(24)3/h8-10,13-14,16,21,25-29,33-35H,3,5-7,11-12,15,17-20H2,1-2,4H3/b13-8+,16-14+,23-9+,24-10-/t21-,25-,26-,27+,28+,29-,31-/m1/s1/i17D2,18D2. The molecule has 0 spiro atoms. The second-order valence-corrected chi connectivity index (χ2v) is 11.6. The fraction of sp³-hybridized carbons (Fsp3) is 0.656. The molecule has 0 aromatic rings. The number of esters is 1. The van der Waals surface area contributed by atoms with E-state index in [4.69, 9.17) is 10.2 Å². The summed E-state index contributed by atoms with van der Waals surface area (Å²) in [6, 6.07) is 0. The molecule has 5 nitrogen and oxygen atoms in total. The lowest BCUT2D eigenvalue weighted by Crippen LogP contribution is -2.35. The Morgan fingerprint density at radius 1 is 1.27 bits per heavy atom. The zero-order valence-electron chi connectivity index (χ0n) is 26.5. The summed E-state index contributed by atoms with van der Waals surface area (Å²) in [6.07, 6.45) is 8.40. The smallest absolute Gasteiger partial charge is 0.330 e. The van der Waals surface area contributed by atoms with Gasteiger partial charge in [0.2, 0.25) is 0 Å². The molecule has 0 amide bonds. The van der Waals surface area contributed by atoms with Gasteiger partial charge in [-0.2, -0.15) is 0 Å². The SMILES string of the molecule is [2H]C1([2H])C([2H])([2H])C1(/C=C/C(=O)OCC)[C@H](O)/C=C/[C@@H](C)[C@H]1CC[C@H]2/C(=C/C=C3/C[C@@H](O)C[C@H](O)C3=C)CCC[C@]12C. The molecule has 3 N–H and O–H groups in total. The molecule has 0 radical (unpaired) electrons. The van der Waals surface area contributed by atoms with Crippen molar-refractivity contribution in [1.82, 2.24) is 0 Å². The second kappa shape index (κ2) is 11.4. The third-order valence-electron chi connectivity index (χ3n) is 9.18. The first-order valence-corrected chi connectivity index (χ1v) is 13.8. The summed E-state index contributed by atoms with van der Waals surface area (Å²) in [5.74, 6) is 0.106. The fourth-order valence-electron chi connectivity index (χ4n) is 6.97. The van der Waals surface area contributed by atoms with Crippen LogP contribution in [0.2, 0.25) is 0 Å². The van der Waals surface area contributed by atoms with Gasteiger partial charge in [-0.1, -0.05) is 56.4 Å². The third-order valence-corrected chi connectivity index (χ3v) is 9.18. The Morgan fingerprint density at radius 2 is 2.03 bits per heavy atom. The molecule has 5 heteroatoms. The molecule has 7 atom stereocenters. The Bertz CT molecular complexity index is 1140. The van der Waals surface area contributed by atoms with Crippen LogP contribution < -0.4 is 0 Å². The molecular weight excluding hydrogens is 464 g/mol. The first-order valence-electron chi connectivity index (χ1n) is 15.8. The van der Waals surface area contributed by atoms with E-state index in [2.05, 4.69) is 26.5 Å². The number of carbonyl (C=O) groups is 1. The van der Waals surface area contributed by atoms with Gasteiger partial charge in [-0.25, -0.2) is 4.79 Å². The molecule has 0 aliphatic heterocycles. The molecule has 0 bridgehead atoms. The molecule has 4 aliphatic carbocycles. The minimum atomic E-state index is -2.34. The van der Waals surface area contributed by atoms with E-state index in [1.54, 1.807) is 6.92 Å². The van der Waals surface area contributed by atoms with Crippen molar-refractivity contribution < 1.29 is 30.3 Å². The van der Waals surface area contributed by atoms with Crippen molar-refractivity contribution in [2.45, 2.75) is 96.8 Å². The molecule has 0 unspecified atom stereocenters. The van der Waals surface area contributed by atoms with E-state index in [9.17, 15) is 20.1 Å². The molecule has 0 saturated heterocycles. The highest BCUT2D eigenvalue weighted by Gasteiger charge is 2.50. The number of carbonyl (C=O) groups excluding carboxylic acids is 1. The highest BCUT2D eigenvalue weighted by molar-refractivity contribution is 5.82. The first kappa shape index (κ1) is 23.0. The lowest BCUT2D eigenvalue weighted by molar-refractivity contribution is -0.137. The van der Waals surface area contributed by atoms with Gasteiger partial charge in [0.05, 0.1) is 24.9 Å². The van der Waals surface area contributed by atoms with Gasteiger partial charge < -0.3 is 20.1 Å². The van der Waals surface area contributed by atoms with Crippen LogP contribution in [0.25, 0.3) is 0 Å². The number of aliphatic hydroxyl groups excluding tert-OH is 3. The van der Waals surface area contributed by atoms with E-state index in [-0.39, 0.29) is 17.9 Å². The summed E-state index contributed by atoms with van der Waals surface area (Å²) in [5.41, 5.74) is 1.15. The average Bonchev–Trinajstić information content (AvgIpc) is 3.11. The number of rotatable bonds is 8. The number of aliphatic hydroxyl groups is 3. The number of fused-ring (bicyclic) bond motifs is 1. The van der Waals surface area contributed by atoms with Crippen molar-refractivity contribution >= 4 is 5.97 Å². The predicted octanol–water partition coefficient (Wildman–Crippen LogP) is 5.58. The van der Waals surface area contributed by atoms with Crippen molar-refractivity contribution in [1.29, 1.82) is 0 Å². The summed E-state index contributed by atoms with van der Waals surface area (Å²) in [7, 11) is 0. The maximum Gasteiger partial charge on any atom is 0.330 e. The number of hydrogen-bond acceptors (Lipinski definition) is 5. The lowest BCUT2D eigenvalue weighted by atomic mass is 9.61. The topological polar surface area (TPSA) is 87.0 Å². The minimum Gasteiger partial charge on any atom is -0.463 e. The van der Waals surface area contributed by atoms with E-state index in [1.807, 2.05) is 12.2 Å². The highest BCUT2D eigenvalue weighted by Crippen LogP contribution is 2.59. The van der Waals surface area contributed by atoms with E-state index in [0.29, 0.717) is 30.3 Å². The van der Waals surface area contributed by atoms with Gasteiger partial charge in [0.25, 0.3) is 0 Å². The number of allylic oxidation sites excluding steroid dienone is 4. The molecule has 4 fully saturated rings. The monoisotopic (exact) mass is 514 g/mol. The Morgan fingerprint density at radius 3 is 2.73 bits per heavy atom. The normalized spacial score (nSPS) is 41.6. The van der Waals surface area contributed by atoms with Crippen LogP contribution in [-0.2, 0) is 9.53 Å². The van der Waals surface area contributed by atoms with Crippen LogP contribution in [0.4, 0.5) is 0 Å². The summed E-state index contributed by atoms with van der Waals surface area (Å²) >= 11 is 0. The molecule has 0 aromatic heterocycles. The predicted molar refractivity (Wildman–Crippen MR) is 146 cm³/mol. The Labute approximate surface area is 228 Å². The van der Waals surface area contributed by atoms with Gasteiger partial charge >= 0.3 is 5.97 Å². The van der Waals surface area contributed by atoms with E-state index >= 15 is 0 Å². The van der Waals surface area contributed by atoms with Crippen LogP contribution >= 0.6 is 0 Å². The summed E-state index contributed by atoms with van der Waals surface area (Å²) in [6.45, 7) is 10.3. The van der Waals surface area contributed by atoms with Gasteiger partial charge in [-0.15, -0.1) is 0 Å². The Hall–Kier alpha value is -1.95. The van der Waals surface area contributed by atoms with Gasteiger partial charge in [-0.05, 0) is 92.5 Å². The van der Waals surface area contributed by atoms with Crippen LogP contribution in [0.5, 0.6) is 0 Å². The highest BCUT2D eigenvalue weighted by atomic mass is 16.5. The van der Waals surface area contributed by atoms with E-state index < -0.39 is 42.4 Å². The maximum absolute atomic E-state index is 11.9. The van der Waals surface area contributed by atoms with E-state index in [0.717, 1.165) is 49.8 Å². The zero-order chi connectivity index (χ0) is 30.4. The number of hydrogen-bond donors (Lipinski definition) is 3. The Balaban J connectivity index is 1.51. The largest absolute Gasteiger partial charge is 0.463 e. The summed E-state index contributed by atoms with van der Waals surface area (Å²) in [4.78, 5) is 11.9. The van der Waals surface area contributed by atoms with Crippen LogP contribution in [0.1, 0.15) is 83.9 Å². The lowest BCUT2D eigenvalue weighted by Gasteiger charge is -2.44. The van der Waals surface area contributed by atoms with Crippen molar-refractivity contribution in [3.8, 4) is 0 Å². The summed E-state index contributed by atoms with van der Waals surface area (Å²) in [5, 5.41) is 31.4. The van der Waals surface area contributed by atoms with E-state index in [1.165, 1.54) is 11.6 Å². The van der Waals surface area contributed by atoms with Crippen LogP contribution in [-0.4, -0.2) is 46.2 Å². The van der Waals surface area contributed by atoms with Crippen LogP contribution in [0.15, 0.2) is 59.8 Å². The van der Waals surface area contributed by atoms with Gasteiger partial charge in [-0.3, -0.25) is 0 Å². The van der Waals surface area contributed by atoms with Crippen molar-refractivity contribution in [2.75, 3.05) is 6.61 Å². The fourth-order valence-corrected chi connectivity index (χ4v) is 6.97. The molecule has 37 heavy (non-hydrogen) atoms. The van der Waals surface area contributed by atoms with Gasteiger partial charge in [0.1, 0.15) is 0 Å². The van der Waals surface area contributed by atoms with Crippen molar-refractivity contribution in [2.24, 2.45) is 28.6 Å². The zero-order valence-corrected chi connectivity index (χ0v) is 22.5. The average molecular weight is 515 g/mol. The summed E-state index contributed by atoms with van der Waals surface area (Å²) < 4.78 is 37.9. The molecule has 204 valence electrons. The first-order chi connectivity index (χ1) is 19.1. The second-order valence-electron chi connectivity index (χ2n) is 11.6. The minimum absolute atomic E-state index is 0.0458. The Kier molecular flexibility index (Phi) is 7.10. The number of ether oxygens (including phenoxy) is 1. The van der Waals surface area contributed by atoms with Crippen molar-refractivity contribution in [3.63, 3.8) is 0 Å². The maximum atomic E-state index is 11.9. The molecule has 0 heterocycles. The molecule has 4 aliphatic rings. The third kappa shape index (κ3) is 6.05. The van der Waals surface area contributed by atoms with Crippen LogP contribution in [0.3, 0.4) is 0 Å². The quantitative estimate of drug-likeness (QED) is 0.224. The van der Waals surface area contributed by atoms with Crippen molar-refractivity contribution in [3.05, 3.63) is 59.8 Å². The van der Waals surface area contributed by atoms with Gasteiger partial charge in [0.15, 0.2) is 0 Å².